The van der Waals surface area contributed by atoms with Gasteiger partial charge in [0, 0.05) is 16.8 Å². The van der Waals surface area contributed by atoms with Gasteiger partial charge in [0.05, 0.1) is 0 Å². The molecule has 2 aromatic carbocycles. The van der Waals surface area contributed by atoms with Crippen LogP contribution in [0.5, 0.6) is 0 Å². The van der Waals surface area contributed by atoms with Crippen LogP contribution in [0.15, 0.2) is 72.5 Å². The topological polar surface area (TPSA) is 29.1 Å². The Morgan fingerprint density at radius 3 is 2.29 bits per heavy atom. The van der Waals surface area contributed by atoms with E-state index in [2.05, 4.69) is 30.1 Å². The van der Waals surface area contributed by atoms with Crippen molar-refractivity contribution in [2.75, 3.05) is 5.32 Å². The van der Waals surface area contributed by atoms with Gasteiger partial charge in [-0.15, -0.1) is 5.73 Å². The maximum atomic E-state index is 12.5. The molecule has 0 unspecified atom stereocenters. The first-order valence-corrected chi connectivity index (χ1v) is 10.4. The fraction of sp³-hybridized carbons (Fsp3) is 0.308. The normalized spacial score (nSPS) is 12.2. The van der Waals surface area contributed by atoms with E-state index in [9.17, 15) is 4.79 Å². The van der Waals surface area contributed by atoms with Gasteiger partial charge in [0.25, 0.3) is 5.91 Å². The monoisotopic (exact) mass is 371 g/mol. The van der Waals surface area contributed by atoms with Crippen LogP contribution in [0.4, 0.5) is 5.69 Å². The number of hydrogen-bond donors (Lipinski definition) is 1. The summed E-state index contributed by atoms with van der Waals surface area (Å²) < 4.78 is 0. The lowest BCUT2D eigenvalue weighted by atomic mass is 10.0. The number of anilines is 1. The molecule has 0 spiro atoms. The molecule has 2 heteroatoms. The molecule has 0 saturated heterocycles. The number of unbranched alkanes of at least 4 members (excludes halogenated alkanes) is 5. The molecule has 0 radical (unpaired) electrons. The molecular weight excluding hydrogens is 342 g/mol. The Hall–Kier alpha value is -2.83. The molecule has 1 aliphatic carbocycles. The van der Waals surface area contributed by atoms with E-state index < -0.39 is 0 Å². The Morgan fingerprint density at radius 2 is 1.61 bits per heavy atom. The maximum absolute atomic E-state index is 12.5. The number of carbonyl (C=O) groups is 1. The first-order valence-electron chi connectivity index (χ1n) is 10.4. The molecule has 28 heavy (non-hydrogen) atoms. The Morgan fingerprint density at radius 1 is 0.893 bits per heavy atom. The zero-order valence-electron chi connectivity index (χ0n) is 16.7. The van der Waals surface area contributed by atoms with Crippen LogP contribution >= 0.6 is 0 Å². The molecule has 0 saturated carbocycles. The van der Waals surface area contributed by atoms with Crippen molar-refractivity contribution in [1.29, 1.82) is 0 Å². The van der Waals surface area contributed by atoms with Crippen LogP contribution in [0.1, 0.15) is 66.9 Å². The van der Waals surface area contributed by atoms with E-state index in [1.807, 2.05) is 54.6 Å². The number of nitrogens with one attached hydrogen (secondary N) is 1. The quantitative estimate of drug-likeness (QED) is 0.355. The van der Waals surface area contributed by atoms with E-state index in [4.69, 9.17) is 0 Å². The minimum atomic E-state index is -0.0706. The van der Waals surface area contributed by atoms with Crippen LogP contribution in [-0.2, 0) is 6.42 Å². The number of amides is 1. The Kier molecular flexibility index (Phi) is 7.46. The number of hydrogen-bond acceptors (Lipinski definition) is 1. The molecule has 144 valence electrons. The maximum Gasteiger partial charge on any atom is 0.255 e. The molecule has 2 nitrogen and oxygen atoms in total. The third-order valence-corrected chi connectivity index (χ3v) is 5.09. The lowest BCUT2D eigenvalue weighted by Gasteiger charge is -2.08. The number of benzene rings is 2. The summed E-state index contributed by atoms with van der Waals surface area (Å²) in [6.45, 7) is 2.25. The highest BCUT2D eigenvalue weighted by molar-refractivity contribution is 6.04. The Balaban J connectivity index is 1.48. The zero-order valence-corrected chi connectivity index (χ0v) is 16.7. The lowest BCUT2D eigenvalue weighted by Crippen LogP contribution is -2.11. The van der Waals surface area contributed by atoms with E-state index in [1.54, 1.807) is 0 Å². The van der Waals surface area contributed by atoms with Gasteiger partial charge in [-0.25, -0.2) is 0 Å². The Bertz CT molecular complexity index is 866. The highest BCUT2D eigenvalue weighted by Gasteiger charge is 2.07. The van der Waals surface area contributed by atoms with Crippen molar-refractivity contribution < 1.29 is 4.79 Å². The highest BCUT2D eigenvalue weighted by atomic mass is 16.1. The zero-order chi connectivity index (χ0) is 19.6. The number of aryl methyl sites for hydroxylation is 1. The van der Waals surface area contributed by atoms with Crippen molar-refractivity contribution >= 4 is 17.2 Å². The third kappa shape index (κ3) is 5.84. The van der Waals surface area contributed by atoms with Gasteiger partial charge < -0.3 is 5.32 Å². The average Bonchev–Trinajstić information content (AvgIpc) is 3.26. The molecule has 0 fully saturated rings. The van der Waals surface area contributed by atoms with Gasteiger partial charge in [-0.2, -0.15) is 0 Å². The lowest BCUT2D eigenvalue weighted by molar-refractivity contribution is 0.102. The average molecular weight is 372 g/mol. The molecule has 0 heterocycles. The van der Waals surface area contributed by atoms with Crippen LogP contribution in [0.3, 0.4) is 0 Å². The van der Waals surface area contributed by atoms with Crippen LogP contribution in [0.2, 0.25) is 0 Å². The van der Waals surface area contributed by atoms with Gasteiger partial charge in [-0.3, -0.25) is 4.79 Å². The van der Waals surface area contributed by atoms with Crippen molar-refractivity contribution in [2.45, 2.75) is 51.9 Å². The molecule has 0 aliphatic heterocycles. The summed E-state index contributed by atoms with van der Waals surface area (Å²) in [6.07, 6.45) is 14.8. The summed E-state index contributed by atoms with van der Waals surface area (Å²) in [7, 11) is 0. The molecule has 3 rings (SSSR count). The van der Waals surface area contributed by atoms with Crippen molar-refractivity contribution in [3.8, 4) is 0 Å². The predicted molar refractivity (Wildman–Crippen MR) is 119 cm³/mol. The van der Waals surface area contributed by atoms with E-state index >= 15 is 0 Å². The van der Waals surface area contributed by atoms with Crippen LogP contribution in [-0.4, -0.2) is 5.91 Å². The van der Waals surface area contributed by atoms with E-state index in [0.29, 0.717) is 5.56 Å². The Labute approximate surface area is 168 Å². The van der Waals surface area contributed by atoms with Gasteiger partial charge >= 0.3 is 0 Å². The molecule has 0 aromatic heterocycles. The summed E-state index contributed by atoms with van der Waals surface area (Å²) in [5.41, 5.74) is 8.16. The second-order valence-electron chi connectivity index (χ2n) is 7.33. The van der Waals surface area contributed by atoms with E-state index in [1.165, 1.54) is 44.1 Å². The van der Waals surface area contributed by atoms with E-state index in [-0.39, 0.29) is 5.91 Å². The van der Waals surface area contributed by atoms with Crippen molar-refractivity contribution in [3.63, 3.8) is 0 Å². The van der Waals surface area contributed by atoms with Gasteiger partial charge in [0.1, 0.15) is 0 Å². The van der Waals surface area contributed by atoms with Gasteiger partial charge in [-0.05, 0) is 60.4 Å². The second-order valence-corrected chi connectivity index (χ2v) is 7.33. The molecular formula is C26H29NO. The molecule has 1 aliphatic rings. The van der Waals surface area contributed by atoms with Crippen LogP contribution < -0.4 is 5.32 Å². The SMILES string of the molecule is CCCCCCCCc1ccc(C(=O)Nc2ccc(C3=C=CC=C3)cc2)cc1. The minimum absolute atomic E-state index is 0.0706. The number of allylic oxidation sites excluding steroid dienone is 3. The van der Waals surface area contributed by atoms with Gasteiger partial charge in [0.2, 0.25) is 0 Å². The standard InChI is InChI=1S/C26H29NO/c1-2-3-4-5-6-7-10-21-13-15-24(16-14-21)26(28)27-25-19-17-23(18-20-25)22-11-8-9-12-22/h8-9,11,13-20H,2-7,10H2,1H3,(H,27,28). The van der Waals surface area contributed by atoms with Crippen molar-refractivity contribution in [1.82, 2.24) is 0 Å². The fourth-order valence-corrected chi connectivity index (χ4v) is 3.38. The largest absolute Gasteiger partial charge is 0.322 e. The first kappa shape index (κ1) is 19.9. The molecule has 0 atom stereocenters. The third-order valence-electron chi connectivity index (χ3n) is 5.09. The summed E-state index contributed by atoms with van der Waals surface area (Å²) in [6, 6.07) is 15.9. The summed E-state index contributed by atoms with van der Waals surface area (Å²) in [5.74, 6) is -0.0706. The van der Waals surface area contributed by atoms with Gasteiger partial charge in [0.15, 0.2) is 0 Å². The summed E-state index contributed by atoms with van der Waals surface area (Å²) in [5, 5.41) is 2.97. The van der Waals surface area contributed by atoms with Gasteiger partial charge in [-0.1, -0.05) is 69.4 Å². The van der Waals surface area contributed by atoms with Crippen LogP contribution in [0.25, 0.3) is 5.57 Å². The van der Waals surface area contributed by atoms with Crippen molar-refractivity contribution in [3.05, 3.63) is 89.2 Å². The number of carbonyl (C=O) groups excluding carboxylic acids is 1. The smallest absolute Gasteiger partial charge is 0.255 e. The summed E-state index contributed by atoms with van der Waals surface area (Å²) >= 11 is 0. The first-order chi connectivity index (χ1) is 13.8. The number of rotatable bonds is 10. The molecule has 1 amide bonds. The van der Waals surface area contributed by atoms with Crippen molar-refractivity contribution in [2.24, 2.45) is 0 Å². The summed E-state index contributed by atoms with van der Waals surface area (Å²) in [4.78, 5) is 12.5. The molecule has 1 N–H and O–H groups in total. The molecule has 2 aromatic rings. The second kappa shape index (κ2) is 10.5. The van der Waals surface area contributed by atoms with E-state index in [0.717, 1.165) is 23.2 Å². The van der Waals surface area contributed by atoms with Crippen LogP contribution in [0, 0.1) is 0 Å². The molecule has 0 bridgehead atoms. The highest BCUT2D eigenvalue weighted by Crippen LogP contribution is 2.20. The minimum Gasteiger partial charge on any atom is -0.322 e. The fourth-order valence-electron chi connectivity index (χ4n) is 3.38. The predicted octanol–water partition coefficient (Wildman–Crippen LogP) is 6.95.